The second kappa shape index (κ2) is 10.4. The molecule has 31 heavy (non-hydrogen) atoms. The molecule has 10 nitrogen and oxygen atoms in total. The number of hydrogen-bond donors (Lipinski definition) is 2. The predicted molar refractivity (Wildman–Crippen MR) is 106 cm³/mol. The third-order valence-electron chi connectivity index (χ3n) is 4.60. The number of anilines is 2. The van der Waals surface area contributed by atoms with E-state index in [9.17, 15) is 18.4 Å². The first-order valence-electron chi connectivity index (χ1n) is 9.64. The van der Waals surface area contributed by atoms with E-state index in [0.717, 1.165) is 12.5 Å². The number of nitrogens with one attached hydrogen (secondary N) is 2. The normalized spacial score (nSPS) is 14.5. The van der Waals surface area contributed by atoms with Crippen molar-refractivity contribution in [2.45, 2.75) is 39.3 Å². The van der Waals surface area contributed by atoms with Gasteiger partial charge < -0.3 is 14.8 Å². The molecule has 1 aromatic heterocycles. The number of halogens is 3. The quantitative estimate of drug-likeness (QED) is 0.623. The van der Waals surface area contributed by atoms with Crippen molar-refractivity contribution in [3.63, 3.8) is 0 Å². The molecule has 1 aliphatic rings. The fourth-order valence-corrected chi connectivity index (χ4v) is 3.34. The van der Waals surface area contributed by atoms with Crippen molar-refractivity contribution in [2.75, 3.05) is 23.8 Å². The molecule has 2 heterocycles. The number of hydrogen-bond acceptors (Lipinski definition) is 7. The van der Waals surface area contributed by atoms with Gasteiger partial charge in [-0.25, -0.2) is 4.68 Å². The van der Waals surface area contributed by atoms with E-state index in [0.29, 0.717) is 32.6 Å². The highest BCUT2D eigenvalue weighted by atomic mass is 35.5. The molecule has 0 radical (unpaired) electrons. The van der Waals surface area contributed by atoms with Gasteiger partial charge in [0.25, 0.3) is 5.91 Å². The number of alkyl halides is 2. The van der Waals surface area contributed by atoms with Crippen LogP contribution in [0, 0.1) is 5.92 Å². The van der Waals surface area contributed by atoms with Gasteiger partial charge in [0.1, 0.15) is 5.69 Å². The van der Waals surface area contributed by atoms with Gasteiger partial charge in [-0.05, 0) is 41.8 Å². The number of ether oxygens (including phenoxy) is 2. The van der Waals surface area contributed by atoms with E-state index in [1.165, 1.54) is 10.7 Å². The van der Waals surface area contributed by atoms with Gasteiger partial charge in [0.05, 0.1) is 10.6 Å². The Kier molecular flexibility index (Phi) is 7.69. The maximum atomic E-state index is 12.9. The number of rotatable bonds is 8. The van der Waals surface area contributed by atoms with E-state index >= 15 is 0 Å². The monoisotopic (exact) mass is 458 g/mol. The number of carbonyl (C=O) groups excluding carboxylic acids is 2. The van der Waals surface area contributed by atoms with Gasteiger partial charge in [-0.3, -0.25) is 14.9 Å². The number of benzene rings is 1. The topological polar surface area (TPSA) is 120 Å². The van der Waals surface area contributed by atoms with Crippen LogP contribution < -0.4 is 15.4 Å². The number of amides is 2. The van der Waals surface area contributed by atoms with Crippen molar-refractivity contribution in [2.24, 2.45) is 5.92 Å². The predicted octanol–water partition coefficient (Wildman–Crippen LogP) is 2.96. The summed E-state index contributed by atoms with van der Waals surface area (Å²) >= 11 is 6.33. The molecule has 0 atom stereocenters. The van der Waals surface area contributed by atoms with Crippen molar-refractivity contribution in [1.82, 2.24) is 20.2 Å². The summed E-state index contributed by atoms with van der Waals surface area (Å²) in [5.41, 5.74) is -0.282. The van der Waals surface area contributed by atoms with Gasteiger partial charge in [-0.2, -0.15) is 8.78 Å². The molecule has 1 fully saturated rings. The molecule has 0 bridgehead atoms. The SMILES string of the molecule is CCCn1nnnc1NC(=O)c1ccc(OC(F)F)c(NC(=O)C2CCOCC2)c1Cl. The standard InChI is InChI=1S/C18H21ClF2N6O4/c1-2-7-27-18(24-25-26-27)23-16(29)11-3-4-12(31-17(20)21)14(13(11)19)22-15(28)10-5-8-30-9-6-10/h3-4,10,17H,2,5-9H2,1H3,(H,22,28)(H,23,24,26,29). The first-order valence-corrected chi connectivity index (χ1v) is 10.0. The molecule has 3 rings (SSSR count). The zero-order valence-electron chi connectivity index (χ0n) is 16.6. The van der Waals surface area contributed by atoms with Gasteiger partial charge in [-0.1, -0.05) is 23.6 Å². The van der Waals surface area contributed by atoms with Crippen molar-refractivity contribution < 1.29 is 27.8 Å². The molecule has 2 aromatic rings. The summed E-state index contributed by atoms with van der Waals surface area (Å²) in [6.45, 7) is 0.0824. The van der Waals surface area contributed by atoms with Crippen molar-refractivity contribution >= 4 is 35.1 Å². The zero-order chi connectivity index (χ0) is 22.4. The Morgan fingerprint density at radius 3 is 2.74 bits per heavy atom. The molecule has 0 spiro atoms. The van der Waals surface area contributed by atoms with Crippen LogP contribution in [-0.2, 0) is 16.1 Å². The zero-order valence-corrected chi connectivity index (χ0v) is 17.4. The first kappa shape index (κ1) is 22.8. The molecule has 1 aliphatic heterocycles. The molecule has 0 aliphatic carbocycles. The molecule has 0 unspecified atom stereocenters. The lowest BCUT2D eigenvalue weighted by molar-refractivity contribution is -0.122. The lowest BCUT2D eigenvalue weighted by atomic mass is 9.99. The smallest absolute Gasteiger partial charge is 0.387 e. The summed E-state index contributed by atoms with van der Waals surface area (Å²) < 4.78 is 36.8. The third-order valence-corrected chi connectivity index (χ3v) is 4.99. The van der Waals surface area contributed by atoms with Crippen LogP contribution in [0.1, 0.15) is 36.5 Å². The Bertz CT molecular complexity index is 936. The lowest BCUT2D eigenvalue weighted by Crippen LogP contribution is -2.29. The summed E-state index contributed by atoms with van der Waals surface area (Å²) in [5.74, 6) is -1.73. The van der Waals surface area contributed by atoms with Gasteiger partial charge in [0.15, 0.2) is 5.75 Å². The van der Waals surface area contributed by atoms with Crippen LogP contribution in [0.15, 0.2) is 12.1 Å². The summed E-state index contributed by atoms with van der Waals surface area (Å²) in [6.07, 6.45) is 1.69. The van der Waals surface area contributed by atoms with Crippen LogP contribution in [0.25, 0.3) is 0 Å². The van der Waals surface area contributed by atoms with E-state index < -0.39 is 18.4 Å². The van der Waals surface area contributed by atoms with E-state index in [2.05, 4.69) is 30.9 Å². The molecule has 0 saturated carbocycles. The fraction of sp³-hybridized carbons (Fsp3) is 0.500. The molecule has 1 aromatic carbocycles. The maximum Gasteiger partial charge on any atom is 0.387 e. The molecule has 2 amide bonds. The highest BCUT2D eigenvalue weighted by Gasteiger charge is 2.26. The van der Waals surface area contributed by atoms with E-state index in [4.69, 9.17) is 16.3 Å². The highest BCUT2D eigenvalue weighted by Crippen LogP contribution is 2.37. The van der Waals surface area contributed by atoms with E-state index in [1.807, 2.05) is 6.92 Å². The molecule has 1 saturated heterocycles. The van der Waals surface area contributed by atoms with Crippen LogP contribution in [0.3, 0.4) is 0 Å². The van der Waals surface area contributed by atoms with Crippen LogP contribution in [0.4, 0.5) is 20.4 Å². The highest BCUT2D eigenvalue weighted by molar-refractivity contribution is 6.37. The summed E-state index contributed by atoms with van der Waals surface area (Å²) in [6, 6.07) is 2.36. The molecule has 2 N–H and O–H groups in total. The fourth-order valence-electron chi connectivity index (χ4n) is 3.05. The lowest BCUT2D eigenvalue weighted by Gasteiger charge is -2.22. The molecular weight excluding hydrogens is 438 g/mol. The third kappa shape index (κ3) is 5.64. The van der Waals surface area contributed by atoms with Crippen LogP contribution in [0.5, 0.6) is 5.75 Å². The van der Waals surface area contributed by atoms with E-state index in [1.54, 1.807) is 0 Å². The molecule has 168 valence electrons. The van der Waals surface area contributed by atoms with Crippen molar-refractivity contribution in [1.29, 1.82) is 0 Å². The number of nitrogens with zero attached hydrogens (tertiary/aromatic N) is 4. The van der Waals surface area contributed by atoms with Crippen LogP contribution >= 0.6 is 11.6 Å². The average Bonchev–Trinajstić information content (AvgIpc) is 3.17. The van der Waals surface area contributed by atoms with Gasteiger partial charge >= 0.3 is 6.61 Å². The largest absolute Gasteiger partial charge is 0.433 e. The first-order chi connectivity index (χ1) is 14.9. The van der Waals surface area contributed by atoms with Gasteiger partial charge in [-0.15, -0.1) is 0 Å². The van der Waals surface area contributed by atoms with Gasteiger partial charge in [0, 0.05) is 25.7 Å². The van der Waals surface area contributed by atoms with Crippen LogP contribution in [-0.4, -0.2) is 51.8 Å². The Morgan fingerprint density at radius 1 is 1.32 bits per heavy atom. The second-order valence-corrected chi connectivity index (χ2v) is 7.11. The van der Waals surface area contributed by atoms with Crippen molar-refractivity contribution in [3.8, 4) is 5.75 Å². The Balaban J connectivity index is 1.87. The second-order valence-electron chi connectivity index (χ2n) is 6.73. The van der Waals surface area contributed by atoms with E-state index in [-0.39, 0.29) is 33.9 Å². The minimum Gasteiger partial charge on any atom is -0.433 e. The Hall–Kier alpha value is -2.86. The van der Waals surface area contributed by atoms with Crippen molar-refractivity contribution in [3.05, 3.63) is 22.7 Å². The minimum absolute atomic E-state index is 0.0726. The Labute approximate surface area is 181 Å². The number of aryl methyl sites for hydroxylation is 1. The Morgan fingerprint density at radius 2 is 2.06 bits per heavy atom. The summed E-state index contributed by atoms with van der Waals surface area (Å²) in [7, 11) is 0. The summed E-state index contributed by atoms with van der Waals surface area (Å²) in [5, 5.41) is 15.8. The number of aromatic nitrogens is 4. The number of carbonyl (C=O) groups is 2. The summed E-state index contributed by atoms with van der Waals surface area (Å²) in [4.78, 5) is 25.4. The molecular formula is C18H21ClF2N6O4. The maximum absolute atomic E-state index is 12.9. The minimum atomic E-state index is -3.15. The van der Waals surface area contributed by atoms with Crippen LogP contribution in [0.2, 0.25) is 5.02 Å². The average molecular weight is 459 g/mol. The number of tetrazole rings is 1. The van der Waals surface area contributed by atoms with Gasteiger partial charge in [0.2, 0.25) is 11.9 Å². The molecule has 13 heteroatoms.